The molecule has 0 aliphatic carbocycles. The second-order valence-corrected chi connectivity index (χ2v) is 6.18. The number of nitrogens with zero attached hydrogens (tertiary/aromatic N) is 2. The Hall–Kier alpha value is -4.09. The molecule has 30 heavy (non-hydrogen) atoms. The number of amides is 1. The lowest BCUT2D eigenvalue weighted by molar-refractivity contribution is -0.384. The number of H-pyrrole nitrogens is 1. The summed E-state index contributed by atoms with van der Waals surface area (Å²) in [5.74, 6) is -1.29. The monoisotopic (exact) mass is 421 g/mol. The number of rotatable bonds is 4. The summed E-state index contributed by atoms with van der Waals surface area (Å²) in [6.45, 7) is 0. The van der Waals surface area contributed by atoms with Gasteiger partial charge in [-0.3, -0.25) is 25.2 Å². The van der Waals surface area contributed by atoms with Gasteiger partial charge in [0.1, 0.15) is 11.4 Å². The molecule has 0 fully saturated rings. The highest BCUT2D eigenvalue weighted by Crippen LogP contribution is 2.40. The largest absolute Gasteiger partial charge is 0.455 e. The van der Waals surface area contributed by atoms with Gasteiger partial charge < -0.3 is 15.5 Å². The number of aromatic amines is 1. The topological polar surface area (TPSA) is 138 Å². The Morgan fingerprint density at radius 3 is 2.40 bits per heavy atom. The average Bonchev–Trinajstić information content (AvgIpc) is 3.12. The maximum Gasteiger partial charge on any atom is 0.417 e. The summed E-state index contributed by atoms with van der Waals surface area (Å²) < 4.78 is 45.9. The highest BCUT2D eigenvalue weighted by molar-refractivity contribution is 6.06. The van der Waals surface area contributed by atoms with Crippen LogP contribution in [-0.2, 0) is 6.18 Å². The van der Waals surface area contributed by atoms with Gasteiger partial charge in [-0.05, 0) is 30.3 Å². The lowest BCUT2D eigenvalue weighted by atomic mass is 10.1. The number of nitro groups is 1. The molecule has 0 spiro atoms. The highest BCUT2D eigenvalue weighted by atomic mass is 19.4. The number of nitro benzene ring substituents is 1. The zero-order valence-electron chi connectivity index (χ0n) is 15.3. The second-order valence-electron chi connectivity index (χ2n) is 6.18. The third kappa shape index (κ3) is 3.87. The van der Waals surface area contributed by atoms with Crippen molar-refractivity contribution >= 4 is 28.5 Å². The first-order chi connectivity index (χ1) is 14.0. The second kappa shape index (κ2) is 7.39. The van der Waals surface area contributed by atoms with Gasteiger partial charge in [0.25, 0.3) is 11.6 Å². The Labute approximate surface area is 166 Å². The molecule has 1 amide bonds. The first-order valence-corrected chi connectivity index (χ1v) is 8.26. The van der Waals surface area contributed by atoms with Gasteiger partial charge in [0.15, 0.2) is 11.7 Å². The average molecular weight is 421 g/mol. The minimum atomic E-state index is -4.70. The molecule has 0 aliphatic heterocycles. The SMILES string of the molecule is CN(C(=N)N)C(=O)c1cc2c(C(F)(F)F)ccc(Oc3ccc([N+](=O)[O-])cc3)c2[nH]1. The van der Waals surface area contributed by atoms with Crippen LogP contribution in [0.2, 0.25) is 0 Å². The van der Waals surface area contributed by atoms with Crippen molar-refractivity contribution in [2.45, 2.75) is 6.18 Å². The molecule has 0 saturated heterocycles. The Morgan fingerprint density at radius 2 is 1.87 bits per heavy atom. The van der Waals surface area contributed by atoms with E-state index in [9.17, 15) is 28.1 Å². The number of ether oxygens (including phenoxy) is 1. The quantitative estimate of drug-likeness (QED) is 0.254. The zero-order chi connectivity index (χ0) is 22.2. The number of alkyl halides is 3. The summed E-state index contributed by atoms with van der Waals surface area (Å²) in [5, 5.41) is 17.7. The fourth-order valence-corrected chi connectivity index (χ4v) is 2.69. The standard InChI is InChI=1S/C18H14F3N5O4/c1-25(17(22)23)16(27)13-8-11-12(18(19,20)21)6-7-14(15(11)24-13)30-10-4-2-9(3-5-10)26(28)29/h2-8,24H,1H3,(H3,22,23). The van der Waals surface area contributed by atoms with Crippen LogP contribution in [0.4, 0.5) is 18.9 Å². The van der Waals surface area contributed by atoms with Crippen molar-refractivity contribution in [3.8, 4) is 11.5 Å². The van der Waals surface area contributed by atoms with Crippen molar-refractivity contribution in [3.63, 3.8) is 0 Å². The van der Waals surface area contributed by atoms with Crippen LogP contribution in [0.15, 0.2) is 42.5 Å². The molecule has 3 rings (SSSR count). The number of benzene rings is 2. The smallest absolute Gasteiger partial charge is 0.417 e. The summed E-state index contributed by atoms with van der Waals surface area (Å²) in [6, 6.07) is 7.83. The number of fused-ring (bicyclic) bond motifs is 1. The molecule has 4 N–H and O–H groups in total. The first-order valence-electron chi connectivity index (χ1n) is 8.26. The van der Waals surface area contributed by atoms with Crippen molar-refractivity contribution in [3.05, 3.63) is 63.8 Å². The molecule has 0 saturated carbocycles. The van der Waals surface area contributed by atoms with E-state index in [-0.39, 0.29) is 33.8 Å². The third-order valence-electron chi connectivity index (χ3n) is 4.23. The maximum atomic E-state index is 13.4. The number of nitrogens with two attached hydrogens (primary N) is 1. The van der Waals surface area contributed by atoms with Gasteiger partial charge in [-0.25, -0.2) is 0 Å². The molecular weight excluding hydrogens is 407 g/mol. The van der Waals surface area contributed by atoms with Gasteiger partial charge in [0.05, 0.1) is 16.0 Å². The van der Waals surface area contributed by atoms with E-state index in [0.717, 1.165) is 23.1 Å². The van der Waals surface area contributed by atoms with Crippen molar-refractivity contribution in [2.75, 3.05) is 7.05 Å². The van der Waals surface area contributed by atoms with E-state index >= 15 is 0 Å². The van der Waals surface area contributed by atoms with E-state index in [1.165, 1.54) is 31.3 Å². The number of hydrogen-bond donors (Lipinski definition) is 3. The van der Waals surface area contributed by atoms with Crippen LogP contribution < -0.4 is 10.5 Å². The van der Waals surface area contributed by atoms with Gasteiger partial charge in [-0.1, -0.05) is 0 Å². The molecule has 0 unspecified atom stereocenters. The summed E-state index contributed by atoms with van der Waals surface area (Å²) in [7, 11) is 1.20. The molecule has 12 heteroatoms. The summed E-state index contributed by atoms with van der Waals surface area (Å²) in [4.78, 5) is 25.9. The lowest BCUT2D eigenvalue weighted by Crippen LogP contribution is -2.38. The number of guanidine groups is 1. The molecular formula is C18H14F3N5O4. The van der Waals surface area contributed by atoms with Crippen molar-refractivity contribution in [2.24, 2.45) is 5.73 Å². The van der Waals surface area contributed by atoms with E-state index < -0.39 is 28.5 Å². The van der Waals surface area contributed by atoms with E-state index in [2.05, 4.69) is 4.98 Å². The number of nitrogens with one attached hydrogen (secondary N) is 2. The molecule has 1 aromatic heterocycles. The van der Waals surface area contributed by atoms with Crippen molar-refractivity contribution < 1.29 is 27.6 Å². The van der Waals surface area contributed by atoms with Crippen LogP contribution in [0.1, 0.15) is 16.1 Å². The van der Waals surface area contributed by atoms with E-state index in [1.807, 2.05) is 0 Å². The normalized spacial score (nSPS) is 11.3. The third-order valence-corrected chi connectivity index (χ3v) is 4.23. The Kier molecular flexibility index (Phi) is 5.08. The Bertz CT molecular complexity index is 1160. The van der Waals surface area contributed by atoms with E-state index in [0.29, 0.717) is 0 Å². The molecule has 0 bridgehead atoms. The number of carbonyl (C=O) groups excluding carboxylic acids is 1. The van der Waals surface area contributed by atoms with Crippen LogP contribution >= 0.6 is 0 Å². The molecule has 1 heterocycles. The number of aromatic nitrogens is 1. The minimum absolute atomic E-state index is 0.0311. The van der Waals surface area contributed by atoms with Gasteiger partial charge in [0.2, 0.25) is 0 Å². The van der Waals surface area contributed by atoms with Crippen LogP contribution in [0.3, 0.4) is 0 Å². The summed E-state index contributed by atoms with van der Waals surface area (Å²) >= 11 is 0. The Morgan fingerprint density at radius 1 is 1.23 bits per heavy atom. The van der Waals surface area contributed by atoms with E-state index in [1.54, 1.807) is 0 Å². The van der Waals surface area contributed by atoms with Gasteiger partial charge in [0, 0.05) is 24.6 Å². The number of hydrogen-bond acceptors (Lipinski definition) is 5. The van der Waals surface area contributed by atoms with Crippen LogP contribution in [0, 0.1) is 15.5 Å². The molecule has 0 radical (unpaired) electrons. The Balaban J connectivity index is 2.09. The number of carbonyl (C=O) groups is 1. The molecule has 2 aromatic carbocycles. The maximum absolute atomic E-state index is 13.4. The van der Waals surface area contributed by atoms with Crippen LogP contribution in [0.5, 0.6) is 11.5 Å². The summed E-state index contributed by atoms with van der Waals surface area (Å²) in [5.41, 5.74) is 3.75. The fraction of sp³-hybridized carbons (Fsp3) is 0.111. The van der Waals surface area contributed by atoms with E-state index in [4.69, 9.17) is 15.9 Å². The molecule has 0 aliphatic rings. The molecule has 0 atom stereocenters. The zero-order valence-corrected chi connectivity index (χ0v) is 15.3. The molecule has 9 nitrogen and oxygen atoms in total. The van der Waals surface area contributed by atoms with Crippen LogP contribution in [0.25, 0.3) is 10.9 Å². The first kappa shape index (κ1) is 20.6. The number of non-ortho nitro benzene ring substituents is 1. The molecule has 3 aromatic rings. The van der Waals surface area contributed by atoms with Crippen molar-refractivity contribution in [1.82, 2.24) is 9.88 Å². The fourth-order valence-electron chi connectivity index (χ4n) is 2.69. The van der Waals surface area contributed by atoms with Gasteiger partial charge in [-0.15, -0.1) is 0 Å². The molecule has 156 valence electrons. The predicted octanol–water partition coefficient (Wildman–Crippen LogP) is 3.85. The van der Waals surface area contributed by atoms with Crippen LogP contribution in [-0.4, -0.2) is 33.7 Å². The minimum Gasteiger partial charge on any atom is -0.455 e. The summed E-state index contributed by atoms with van der Waals surface area (Å²) in [6.07, 6.45) is -4.70. The predicted molar refractivity (Wildman–Crippen MR) is 100 cm³/mol. The van der Waals surface area contributed by atoms with Crippen molar-refractivity contribution in [1.29, 1.82) is 5.41 Å². The lowest BCUT2D eigenvalue weighted by Gasteiger charge is -2.12. The highest BCUT2D eigenvalue weighted by Gasteiger charge is 2.34. The number of halogens is 3. The van der Waals surface area contributed by atoms with Gasteiger partial charge in [-0.2, -0.15) is 13.2 Å². The van der Waals surface area contributed by atoms with Gasteiger partial charge >= 0.3 is 6.18 Å².